The van der Waals surface area contributed by atoms with Crippen LogP contribution in [0.25, 0.3) is 0 Å². The zero-order chi connectivity index (χ0) is 14.7. The normalized spacial score (nSPS) is 11.9. The number of hydrogen-bond donors (Lipinski definition) is 1. The molecule has 2 rings (SSSR count). The molecule has 2 N–H and O–H groups in total. The Hall–Kier alpha value is -2.47. The zero-order valence-electron chi connectivity index (χ0n) is 11.2. The van der Waals surface area contributed by atoms with Crippen molar-refractivity contribution < 1.29 is 9.66 Å². The summed E-state index contributed by atoms with van der Waals surface area (Å²) in [6, 6.07) is 8.05. The van der Waals surface area contributed by atoms with Crippen molar-refractivity contribution >= 4 is 5.69 Å². The maximum Gasteiger partial charge on any atom is 0.311 e. The van der Waals surface area contributed by atoms with E-state index in [1.165, 1.54) is 12.3 Å². The number of benzene rings is 1. The summed E-state index contributed by atoms with van der Waals surface area (Å²) in [5, 5.41) is 11.0. The number of nitro groups is 1. The Morgan fingerprint density at radius 2 is 2.10 bits per heavy atom. The van der Waals surface area contributed by atoms with Gasteiger partial charge in [-0.3, -0.25) is 15.1 Å². The van der Waals surface area contributed by atoms with Gasteiger partial charge in [0.2, 0.25) is 5.75 Å². The maximum absolute atomic E-state index is 11.0. The first-order chi connectivity index (χ1) is 9.49. The van der Waals surface area contributed by atoms with Crippen LogP contribution in [0.3, 0.4) is 0 Å². The molecule has 0 aliphatic heterocycles. The van der Waals surface area contributed by atoms with E-state index < -0.39 is 4.92 Å². The highest BCUT2D eigenvalue weighted by molar-refractivity contribution is 5.52. The summed E-state index contributed by atoms with van der Waals surface area (Å²) in [6.45, 7) is 3.58. The number of nitrogens with two attached hydrogens (primary N) is 1. The lowest BCUT2D eigenvalue weighted by Crippen LogP contribution is -2.06. The van der Waals surface area contributed by atoms with Gasteiger partial charge in [-0.25, -0.2) is 0 Å². The Morgan fingerprint density at radius 3 is 2.65 bits per heavy atom. The number of nitrogens with zero attached hydrogens (tertiary/aromatic N) is 2. The van der Waals surface area contributed by atoms with Gasteiger partial charge in [0.05, 0.1) is 16.8 Å². The zero-order valence-corrected chi connectivity index (χ0v) is 11.2. The van der Waals surface area contributed by atoms with Crippen molar-refractivity contribution in [2.45, 2.75) is 19.9 Å². The molecule has 6 nitrogen and oxygen atoms in total. The van der Waals surface area contributed by atoms with Crippen LogP contribution in [0, 0.1) is 17.0 Å². The fraction of sp³-hybridized carbons (Fsp3) is 0.214. The van der Waals surface area contributed by atoms with E-state index in [1.807, 2.05) is 6.92 Å². The molecule has 0 aliphatic rings. The summed E-state index contributed by atoms with van der Waals surface area (Å²) in [5.74, 6) is 0.666. The van der Waals surface area contributed by atoms with E-state index in [1.54, 1.807) is 31.2 Å². The van der Waals surface area contributed by atoms with E-state index in [9.17, 15) is 10.1 Å². The predicted molar refractivity (Wildman–Crippen MR) is 74.7 cm³/mol. The van der Waals surface area contributed by atoms with E-state index in [4.69, 9.17) is 10.5 Å². The molecule has 1 aromatic carbocycles. The van der Waals surface area contributed by atoms with Crippen LogP contribution < -0.4 is 10.5 Å². The van der Waals surface area contributed by atoms with Crippen molar-refractivity contribution in [1.29, 1.82) is 0 Å². The number of rotatable bonds is 4. The molecule has 2 aromatic rings. The Morgan fingerprint density at radius 1 is 1.35 bits per heavy atom. The average molecular weight is 273 g/mol. The Labute approximate surface area is 116 Å². The van der Waals surface area contributed by atoms with Crippen molar-refractivity contribution in [3.63, 3.8) is 0 Å². The minimum absolute atomic E-state index is 0.0683. The second-order valence-electron chi connectivity index (χ2n) is 4.49. The van der Waals surface area contributed by atoms with Crippen LogP contribution in [0.15, 0.2) is 36.5 Å². The summed E-state index contributed by atoms with van der Waals surface area (Å²) in [5.41, 5.74) is 7.07. The first-order valence-electron chi connectivity index (χ1n) is 6.12. The highest BCUT2D eigenvalue weighted by Gasteiger charge is 2.17. The summed E-state index contributed by atoms with van der Waals surface area (Å²) < 4.78 is 5.59. The molecular formula is C14H15N3O3. The van der Waals surface area contributed by atoms with Crippen LogP contribution in [-0.2, 0) is 0 Å². The van der Waals surface area contributed by atoms with Crippen molar-refractivity contribution in [1.82, 2.24) is 4.98 Å². The summed E-state index contributed by atoms with van der Waals surface area (Å²) in [6.07, 6.45) is 1.51. The van der Waals surface area contributed by atoms with E-state index in [2.05, 4.69) is 4.98 Å². The molecule has 0 amide bonds. The second-order valence-corrected chi connectivity index (χ2v) is 4.49. The summed E-state index contributed by atoms with van der Waals surface area (Å²) in [7, 11) is 0. The number of nitro benzene ring substituents is 1. The molecule has 0 spiro atoms. The first kappa shape index (κ1) is 14.0. The maximum atomic E-state index is 11.0. The minimum atomic E-state index is -0.466. The topological polar surface area (TPSA) is 91.3 Å². The van der Waals surface area contributed by atoms with Gasteiger partial charge in [-0.2, -0.15) is 0 Å². The third-order valence-electron chi connectivity index (χ3n) is 2.83. The highest BCUT2D eigenvalue weighted by Crippen LogP contribution is 2.34. The van der Waals surface area contributed by atoms with E-state index in [0.717, 1.165) is 5.69 Å². The van der Waals surface area contributed by atoms with Crippen molar-refractivity contribution in [2.75, 3.05) is 0 Å². The van der Waals surface area contributed by atoms with E-state index >= 15 is 0 Å². The van der Waals surface area contributed by atoms with Gasteiger partial charge >= 0.3 is 5.69 Å². The van der Waals surface area contributed by atoms with Crippen molar-refractivity contribution in [2.24, 2.45) is 5.73 Å². The van der Waals surface area contributed by atoms with Crippen LogP contribution in [0.5, 0.6) is 11.5 Å². The fourth-order valence-corrected chi connectivity index (χ4v) is 1.75. The second kappa shape index (κ2) is 5.66. The largest absolute Gasteiger partial charge is 0.448 e. The molecular weight excluding hydrogens is 258 g/mol. The summed E-state index contributed by atoms with van der Waals surface area (Å²) >= 11 is 0. The Kier molecular flexibility index (Phi) is 3.95. The van der Waals surface area contributed by atoms with Gasteiger partial charge in [-0.1, -0.05) is 12.1 Å². The lowest BCUT2D eigenvalue weighted by atomic mass is 10.2. The van der Waals surface area contributed by atoms with Crippen LogP contribution in [-0.4, -0.2) is 9.91 Å². The van der Waals surface area contributed by atoms with Gasteiger partial charge in [0.1, 0.15) is 5.75 Å². The predicted octanol–water partition coefficient (Wildman–Crippen LogP) is 3.11. The van der Waals surface area contributed by atoms with Crippen LogP contribution in [0.2, 0.25) is 0 Å². The van der Waals surface area contributed by atoms with Gasteiger partial charge in [0.15, 0.2) is 0 Å². The van der Waals surface area contributed by atoms with Crippen LogP contribution in [0.1, 0.15) is 24.2 Å². The number of para-hydroxylation sites is 1. The monoisotopic (exact) mass is 273 g/mol. The first-order valence-corrected chi connectivity index (χ1v) is 6.12. The molecule has 1 atom stereocenters. The summed E-state index contributed by atoms with van der Waals surface area (Å²) in [4.78, 5) is 14.7. The lowest BCUT2D eigenvalue weighted by Gasteiger charge is -2.10. The van der Waals surface area contributed by atoms with E-state index in [-0.39, 0.29) is 17.5 Å². The standard InChI is InChI=1S/C14H15N3O3/c1-9-4-3-5-13(17(18)19)14(9)20-11-6-7-12(10(2)15)16-8-11/h3-8,10H,15H2,1-2H3/t10-/m1/s1. The number of aromatic nitrogens is 1. The van der Waals surface area contributed by atoms with Gasteiger partial charge in [-0.05, 0) is 31.5 Å². The Balaban J connectivity index is 2.32. The molecule has 104 valence electrons. The molecule has 0 aliphatic carbocycles. The van der Waals surface area contributed by atoms with Gasteiger partial charge in [0, 0.05) is 12.1 Å². The SMILES string of the molecule is Cc1cccc([N+](=O)[O-])c1Oc1ccc([C@@H](C)N)nc1. The molecule has 0 radical (unpaired) electrons. The number of aryl methyl sites for hydroxylation is 1. The molecule has 0 bridgehead atoms. The molecule has 6 heteroatoms. The molecule has 0 unspecified atom stereocenters. The number of ether oxygens (including phenoxy) is 1. The highest BCUT2D eigenvalue weighted by atomic mass is 16.6. The molecule has 0 saturated heterocycles. The van der Waals surface area contributed by atoms with Crippen LogP contribution in [0.4, 0.5) is 5.69 Å². The van der Waals surface area contributed by atoms with Gasteiger partial charge in [0.25, 0.3) is 0 Å². The fourth-order valence-electron chi connectivity index (χ4n) is 1.75. The Bertz CT molecular complexity index is 624. The van der Waals surface area contributed by atoms with Crippen molar-refractivity contribution in [3.05, 3.63) is 57.9 Å². The minimum Gasteiger partial charge on any atom is -0.448 e. The van der Waals surface area contributed by atoms with Crippen LogP contribution >= 0.6 is 0 Å². The van der Waals surface area contributed by atoms with E-state index in [0.29, 0.717) is 11.3 Å². The molecule has 1 heterocycles. The number of pyridine rings is 1. The molecule has 1 aromatic heterocycles. The van der Waals surface area contributed by atoms with Crippen molar-refractivity contribution in [3.8, 4) is 11.5 Å². The average Bonchev–Trinajstić information content (AvgIpc) is 2.41. The molecule has 20 heavy (non-hydrogen) atoms. The molecule has 0 fully saturated rings. The smallest absolute Gasteiger partial charge is 0.311 e. The molecule has 0 saturated carbocycles. The number of hydrogen-bond acceptors (Lipinski definition) is 5. The van der Waals surface area contributed by atoms with Gasteiger partial charge in [-0.15, -0.1) is 0 Å². The quantitative estimate of drug-likeness (QED) is 0.682. The lowest BCUT2D eigenvalue weighted by molar-refractivity contribution is -0.385. The third-order valence-corrected chi connectivity index (χ3v) is 2.83. The van der Waals surface area contributed by atoms with Gasteiger partial charge < -0.3 is 10.5 Å². The third kappa shape index (κ3) is 2.92.